The number of nitrogens with zero attached hydrogens (tertiary/aromatic N) is 4. The third-order valence-electron chi connectivity index (χ3n) is 11.4. The molecule has 0 fully saturated rings. The van der Waals surface area contributed by atoms with E-state index in [1.807, 2.05) is 65.0 Å². The summed E-state index contributed by atoms with van der Waals surface area (Å²) in [5.41, 5.74) is 11.9. The van der Waals surface area contributed by atoms with E-state index in [4.69, 9.17) is 29.4 Å². The molecule has 0 aliphatic carbocycles. The third kappa shape index (κ3) is 17.4. The molecule has 0 saturated heterocycles. The molecule has 2 unspecified atom stereocenters. The number of hydrogen-bond acceptors (Lipinski definition) is 13. The summed E-state index contributed by atoms with van der Waals surface area (Å²) in [6.45, 7) is 14.2. The maximum absolute atomic E-state index is 13.5. The molecule has 0 bridgehead atoms. The van der Waals surface area contributed by atoms with Gasteiger partial charge >= 0.3 is 12.0 Å². The van der Waals surface area contributed by atoms with Crippen molar-refractivity contribution in [3.63, 3.8) is 0 Å². The fourth-order valence-corrected chi connectivity index (χ4v) is 7.64. The molecule has 5 rings (SSSR count). The number of nitrogens with two attached hydrogens (primary N) is 1. The van der Waals surface area contributed by atoms with Crippen molar-refractivity contribution in [1.29, 1.82) is 0 Å². The molecule has 6 amide bonds. The van der Waals surface area contributed by atoms with E-state index in [1.165, 1.54) is 0 Å². The number of carbonyl (C=O) groups is 6. The zero-order chi connectivity index (χ0) is 51.8. The Morgan fingerprint density at radius 3 is 2.07 bits per heavy atom. The number of benzene rings is 3. The molecule has 1 aromatic heterocycles. The van der Waals surface area contributed by atoms with Gasteiger partial charge in [0.25, 0.3) is 0 Å². The minimum absolute atomic E-state index is 0.00992. The molecule has 3 aromatic carbocycles. The Kier molecular flexibility index (Phi) is 22.8. The third-order valence-corrected chi connectivity index (χ3v) is 11.4. The van der Waals surface area contributed by atoms with Crippen LogP contribution in [0.25, 0.3) is 22.5 Å². The van der Waals surface area contributed by atoms with Gasteiger partial charge in [0.2, 0.25) is 23.6 Å². The van der Waals surface area contributed by atoms with E-state index in [2.05, 4.69) is 38.2 Å². The fraction of sp³-hybridized carbons (Fsp3) is 0.462. The lowest BCUT2D eigenvalue weighted by atomic mass is 9.95. The highest BCUT2D eigenvalue weighted by Crippen LogP contribution is 2.41. The van der Waals surface area contributed by atoms with Crippen molar-refractivity contribution >= 4 is 47.0 Å². The average molecular weight is 996 g/mol. The van der Waals surface area contributed by atoms with Crippen LogP contribution in [-0.4, -0.2) is 122 Å². The Balaban J connectivity index is 0.970. The number of esters is 1. The maximum atomic E-state index is 13.5. The van der Waals surface area contributed by atoms with Gasteiger partial charge in [-0.05, 0) is 61.4 Å². The summed E-state index contributed by atoms with van der Waals surface area (Å²) in [5.74, 6) is -2.24. The number of hydrogen-bond donors (Lipinski definition) is 5. The highest BCUT2D eigenvalue weighted by Gasteiger charge is 2.30. The van der Waals surface area contributed by atoms with E-state index in [9.17, 15) is 28.8 Å². The van der Waals surface area contributed by atoms with Crippen molar-refractivity contribution in [3.05, 3.63) is 96.1 Å². The second kappa shape index (κ2) is 29.4. The van der Waals surface area contributed by atoms with Gasteiger partial charge in [-0.3, -0.25) is 19.2 Å². The average Bonchev–Trinajstić information content (AvgIpc) is 3.77. The van der Waals surface area contributed by atoms with Crippen molar-refractivity contribution in [2.75, 3.05) is 69.6 Å². The minimum atomic E-state index is -1.02. The molecule has 388 valence electrons. The van der Waals surface area contributed by atoms with Gasteiger partial charge in [-0.1, -0.05) is 87.2 Å². The molecule has 20 nitrogen and oxygen atoms in total. The van der Waals surface area contributed by atoms with Gasteiger partial charge in [-0.25, -0.2) is 14.3 Å². The standard InChI is InChI=1S/C52H69N9O11/c1-6-12-45(63)60-33-38-13-7-8-14-40(38)47-48(41-15-9-10-17-43(41)60)61(59-58-47)24-26-69-28-30-71-32-31-70-29-27-68-25-22-44(62)57-46(35(2)3)50(65)56-42(16-11-23-54-52(53)67)49(64)55-39-20-18-37(19-21-39)34-72-51(66)36(4)5/h7-10,13-15,17-21,35,42,46H,4,6,11-12,16,22-34H2,1-3,5H3,(H,55,64)(H,56,65)(H,57,62)(H3,53,54,67). The lowest BCUT2D eigenvalue weighted by Crippen LogP contribution is -2.54. The summed E-state index contributed by atoms with van der Waals surface area (Å²) in [6.07, 6.45) is 1.67. The molecule has 2 atom stereocenters. The van der Waals surface area contributed by atoms with Gasteiger partial charge in [-0.15, -0.1) is 5.10 Å². The molecule has 1 aliphatic rings. The number of fused-ring (bicyclic) bond motifs is 5. The lowest BCUT2D eigenvalue weighted by molar-refractivity contribution is -0.140. The summed E-state index contributed by atoms with van der Waals surface area (Å²) in [7, 11) is 0. The van der Waals surface area contributed by atoms with Crippen molar-refractivity contribution in [2.24, 2.45) is 11.7 Å². The number of urea groups is 1. The molecule has 6 N–H and O–H groups in total. The van der Waals surface area contributed by atoms with Gasteiger partial charge in [0, 0.05) is 41.8 Å². The Morgan fingerprint density at radius 1 is 0.778 bits per heavy atom. The van der Waals surface area contributed by atoms with Crippen molar-refractivity contribution in [1.82, 2.24) is 30.9 Å². The first-order valence-electron chi connectivity index (χ1n) is 24.3. The Labute approximate surface area is 420 Å². The number of carbonyl (C=O) groups excluding carboxylic acids is 6. The predicted molar refractivity (Wildman–Crippen MR) is 270 cm³/mol. The zero-order valence-electron chi connectivity index (χ0n) is 41.7. The quantitative estimate of drug-likeness (QED) is 0.0261. The second-order valence-electron chi connectivity index (χ2n) is 17.4. The van der Waals surface area contributed by atoms with E-state index >= 15 is 0 Å². The second-order valence-corrected chi connectivity index (χ2v) is 17.4. The van der Waals surface area contributed by atoms with Gasteiger partial charge in [0.05, 0.1) is 77.3 Å². The topological polar surface area (TPSA) is 257 Å². The first-order valence-corrected chi connectivity index (χ1v) is 24.3. The van der Waals surface area contributed by atoms with E-state index in [1.54, 1.807) is 45.0 Å². The minimum Gasteiger partial charge on any atom is -0.457 e. The van der Waals surface area contributed by atoms with Crippen LogP contribution in [0.2, 0.25) is 0 Å². The molecule has 0 spiro atoms. The van der Waals surface area contributed by atoms with E-state index in [0.717, 1.165) is 40.2 Å². The highest BCUT2D eigenvalue weighted by molar-refractivity contribution is 6.00. The first-order chi connectivity index (χ1) is 34.8. The van der Waals surface area contributed by atoms with Crippen molar-refractivity contribution < 1.29 is 52.5 Å². The largest absolute Gasteiger partial charge is 0.457 e. The monoisotopic (exact) mass is 996 g/mol. The number of nitrogens with one attached hydrogen (secondary N) is 4. The molecule has 1 aliphatic heterocycles. The number of rotatable bonds is 30. The van der Waals surface area contributed by atoms with Crippen LogP contribution in [0.15, 0.2) is 84.9 Å². The van der Waals surface area contributed by atoms with E-state index in [-0.39, 0.29) is 63.2 Å². The summed E-state index contributed by atoms with van der Waals surface area (Å²) < 4.78 is 29.8. The van der Waals surface area contributed by atoms with Crippen molar-refractivity contribution in [3.8, 4) is 22.5 Å². The Hall–Kier alpha value is -7.00. The van der Waals surface area contributed by atoms with Crippen LogP contribution >= 0.6 is 0 Å². The van der Waals surface area contributed by atoms with Gasteiger partial charge < -0.3 is 55.6 Å². The smallest absolute Gasteiger partial charge is 0.333 e. The van der Waals surface area contributed by atoms with Crippen LogP contribution in [-0.2, 0) is 67.4 Å². The maximum Gasteiger partial charge on any atom is 0.333 e. The number of para-hydroxylation sites is 1. The summed E-state index contributed by atoms with van der Waals surface area (Å²) in [5, 5.41) is 19.9. The number of ether oxygens (including phenoxy) is 5. The molecule has 2 heterocycles. The highest BCUT2D eigenvalue weighted by atomic mass is 16.6. The fourth-order valence-electron chi connectivity index (χ4n) is 7.64. The Bertz CT molecular complexity index is 2440. The van der Waals surface area contributed by atoms with Gasteiger partial charge in [0.1, 0.15) is 24.4 Å². The molecule has 72 heavy (non-hydrogen) atoms. The molecule has 20 heteroatoms. The van der Waals surface area contributed by atoms with E-state index < -0.39 is 41.8 Å². The zero-order valence-corrected chi connectivity index (χ0v) is 41.7. The lowest BCUT2D eigenvalue weighted by Gasteiger charge is -2.28. The summed E-state index contributed by atoms with van der Waals surface area (Å²) in [4.78, 5) is 78.0. The van der Waals surface area contributed by atoms with Crippen molar-refractivity contribution in [2.45, 2.75) is 91.6 Å². The normalized spacial score (nSPS) is 12.5. The van der Waals surface area contributed by atoms with E-state index in [0.29, 0.717) is 70.2 Å². The molecular formula is C52H69N9O11. The van der Waals surface area contributed by atoms with Crippen LogP contribution in [0.1, 0.15) is 70.9 Å². The molecular weight excluding hydrogens is 927 g/mol. The molecule has 4 aromatic rings. The number of amides is 6. The van der Waals surface area contributed by atoms with Crippen LogP contribution in [0.5, 0.6) is 0 Å². The van der Waals surface area contributed by atoms with Crippen LogP contribution in [0, 0.1) is 5.92 Å². The number of anilines is 2. The first kappa shape index (κ1) is 55.9. The predicted octanol–water partition coefficient (Wildman–Crippen LogP) is 5.05. The Morgan fingerprint density at radius 2 is 1.42 bits per heavy atom. The van der Waals surface area contributed by atoms with Gasteiger partial charge in [-0.2, -0.15) is 0 Å². The summed E-state index contributed by atoms with van der Waals surface area (Å²) in [6, 6.07) is 19.8. The number of aromatic nitrogens is 3. The van der Waals surface area contributed by atoms with Crippen LogP contribution in [0.4, 0.5) is 16.2 Å². The summed E-state index contributed by atoms with van der Waals surface area (Å²) >= 11 is 0. The van der Waals surface area contributed by atoms with Gasteiger partial charge in [0.15, 0.2) is 0 Å². The molecule has 0 radical (unpaired) electrons. The molecule has 0 saturated carbocycles. The van der Waals surface area contributed by atoms with Crippen LogP contribution < -0.4 is 31.9 Å². The number of primary amides is 1. The van der Waals surface area contributed by atoms with Crippen LogP contribution in [0.3, 0.4) is 0 Å². The SMILES string of the molecule is C=C(C)C(=O)OCc1ccc(NC(=O)C(CCCNC(N)=O)NC(=O)C(NC(=O)CCOCCOCCOCCOCCn2nnc3c2-c2ccccc2N(C(=O)CCC)Cc2ccccc2-3)C(C)C)cc1.